The molecule has 1 unspecified atom stereocenters. The van der Waals surface area contributed by atoms with E-state index in [1.54, 1.807) is 6.92 Å². The van der Waals surface area contributed by atoms with Crippen molar-refractivity contribution in [1.29, 1.82) is 0 Å². The molecule has 0 spiro atoms. The molecule has 7 heteroatoms. The largest absolute Gasteiger partial charge is 0.435 e. The number of carbonyl (C=O) groups excluding carboxylic acids is 1. The number of amides is 1. The molecule has 0 aromatic carbocycles. The molecular weight excluding hydrogens is 211 g/mol. The minimum Gasteiger partial charge on any atom is -0.368 e. The summed E-state index contributed by atoms with van der Waals surface area (Å²) in [5.41, 5.74) is 3.99. The first-order chi connectivity index (χ1) is 6.86. The minimum atomic E-state index is -4.50. The highest BCUT2D eigenvalue weighted by Crippen LogP contribution is 2.28. The zero-order valence-corrected chi connectivity index (χ0v) is 7.95. The molecular formula is C8H10F3N3O. The number of primary amides is 1. The lowest BCUT2D eigenvalue weighted by Crippen LogP contribution is -2.26. The van der Waals surface area contributed by atoms with E-state index in [-0.39, 0.29) is 0 Å². The zero-order chi connectivity index (χ0) is 11.6. The van der Waals surface area contributed by atoms with Crippen LogP contribution < -0.4 is 5.73 Å². The van der Waals surface area contributed by atoms with E-state index in [0.29, 0.717) is 6.42 Å². The lowest BCUT2D eigenvalue weighted by atomic mass is 10.2. The Kier molecular flexibility index (Phi) is 3.01. The fraction of sp³-hybridized carbons (Fsp3) is 0.500. The number of hydrogen-bond donors (Lipinski definition) is 1. The number of carbonyl (C=O) groups is 1. The molecule has 0 fully saturated rings. The van der Waals surface area contributed by atoms with Crippen molar-refractivity contribution >= 4 is 5.91 Å². The van der Waals surface area contributed by atoms with Gasteiger partial charge in [-0.05, 0) is 12.5 Å². The molecule has 4 nitrogen and oxygen atoms in total. The van der Waals surface area contributed by atoms with E-state index in [2.05, 4.69) is 5.10 Å². The molecule has 0 saturated carbocycles. The number of nitrogens with two attached hydrogens (primary N) is 1. The fourth-order valence-electron chi connectivity index (χ4n) is 1.18. The van der Waals surface area contributed by atoms with Gasteiger partial charge in [0.1, 0.15) is 6.04 Å². The van der Waals surface area contributed by atoms with Crippen LogP contribution >= 0.6 is 0 Å². The third-order valence-electron chi connectivity index (χ3n) is 1.93. The Morgan fingerprint density at radius 2 is 2.27 bits per heavy atom. The predicted molar refractivity (Wildman–Crippen MR) is 45.8 cm³/mol. The molecule has 1 aromatic rings. The second-order valence-corrected chi connectivity index (χ2v) is 3.01. The lowest BCUT2D eigenvalue weighted by molar-refractivity contribution is -0.142. The monoisotopic (exact) mass is 221 g/mol. The molecule has 1 atom stereocenters. The van der Waals surface area contributed by atoms with E-state index in [1.165, 1.54) is 0 Å². The first-order valence-corrected chi connectivity index (χ1v) is 4.28. The van der Waals surface area contributed by atoms with E-state index < -0.39 is 23.8 Å². The highest BCUT2D eigenvalue weighted by atomic mass is 19.4. The molecule has 0 bridgehead atoms. The molecule has 2 N–H and O–H groups in total. The number of hydrogen-bond acceptors (Lipinski definition) is 2. The summed E-state index contributed by atoms with van der Waals surface area (Å²) in [5, 5.41) is 3.26. The summed E-state index contributed by atoms with van der Waals surface area (Å²) in [6.07, 6.45) is -3.10. The van der Waals surface area contributed by atoms with Gasteiger partial charge in [0.05, 0.1) is 0 Å². The molecule has 1 amide bonds. The van der Waals surface area contributed by atoms with Gasteiger partial charge >= 0.3 is 6.18 Å². The summed E-state index contributed by atoms with van der Waals surface area (Å²) in [6.45, 7) is 1.64. The Bertz CT molecular complexity index is 358. The van der Waals surface area contributed by atoms with E-state index in [4.69, 9.17) is 5.73 Å². The van der Waals surface area contributed by atoms with Crippen LogP contribution in [0.2, 0.25) is 0 Å². The van der Waals surface area contributed by atoms with Crippen LogP contribution in [0.15, 0.2) is 12.3 Å². The summed E-state index contributed by atoms with van der Waals surface area (Å²) >= 11 is 0. The number of alkyl halides is 3. The average molecular weight is 221 g/mol. The van der Waals surface area contributed by atoms with Crippen LogP contribution in [0, 0.1) is 0 Å². The van der Waals surface area contributed by atoms with Crippen molar-refractivity contribution in [3.8, 4) is 0 Å². The predicted octanol–water partition coefficient (Wildman–Crippen LogP) is 1.34. The fourth-order valence-corrected chi connectivity index (χ4v) is 1.18. The Morgan fingerprint density at radius 1 is 1.67 bits per heavy atom. The Hall–Kier alpha value is -1.53. The van der Waals surface area contributed by atoms with Crippen molar-refractivity contribution in [3.63, 3.8) is 0 Å². The first kappa shape index (κ1) is 11.5. The Morgan fingerprint density at radius 3 is 2.60 bits per heavy atom. The summed E-state index contributed by atoms with van der Waals surface area (Å²) in [4.78, 5) is 10.9. The van der Waals surface area contributed by atoms with Crippen LogP contribution in [0.4, 0.5) is 13.2 Å². The van der Waals surface area contributed by atoms with Gasteiger partial charge < -0.3 is 5.73 Å². The van der Waals surface area contributed by atoms with Gasteiger partial charge in [-0.25, -0.2) is 0 Å². The maximum absolute atomic E-state index is 12.2. The summed E-state index contributed by atoms with van der Waals surface area (Å²) < 4.78 is 37.5. The van der Waals surface area contributed by atoms with Gasteiger partial charge in [-0.1, -0.05) is 6.92 Å². The van der Waals surface area contributed by atoms with E-state index in [9.17, 15) is 18.0 Å². The zero-order valence-electron chi connectivity index (χ0n) is 7.95. The van der Waals surface area contributed by atoms with Crippen molar-refractivity contribution in [2.45, 2.75) is 25.6 Å². The smallest absolute Gasteiger partial charge is 0.368 e. The van der Waals surface area contributed by atoms with Gasteiger partial charge in [-0.15, -0.1) is 0 Å². The quantitative estimate of drug-likeness (QED) is 0.837. The van der Waals surface area contributed by atoms with Crippen molar-refractivity contribution in [2.24, 2.45) is 5.73 Å². The van der Waals surface area contributed by atoms with Crippen molar-refractivity contribution in [2.75, 3.05) is 0 Å². The summed E-state index contributed by atoms with van der Waals surface area (Å²) in [6, 6.07) is -0.0212. The van der Waals surface area contributed by atoms with E-state index >= 15 is 0 Å². The maximum Gasteiger partial charge on any atom is 0.435 e. The molecule has 84 valence electrons. The SMILES string of the molecule is CCC(C(N)=O)n1ccc(C(F)(F)F)n1. The number of nitrogens with zero attached hydrogens (tertiary/aromatic N) is 2. The van der Waals surface area contributed by atoms with Crippen LogP contribution in [0.3, 0.4) is 0 Å². The van der Waals surface area contributed by atoms with Crippen LogP contribution in [0.25, 0.3) is 0 Å². The molecule has 1 aromatic heterocycles. The standard InChI is InChI=1S/C8H10F3N3O/c1-2-5(7(12)15)14-4-3-6(13-14)8(9,10)11/h3-5H,2H2,1H3,(H2,12,15). The molecule has 0 radical (unpaired) electrons. The first-order valence-electron chi connectivity index (χ1n) is 4.28. The summed E-state index contributed by atoms with van der Waals surface area (Å²) in [5.74, 6) is -0.700. The van der Waals surface area contributed by atoms with Crippen LogP contribution in [0.1, 0.15) is 25.1 Å². The molecule has 0 aliphatic carbocycles. The Labute approximate surface area is 83.9 Å². The molecule has 15 heavy (non-hydrogen) atoms. The minimum absolute atomic E-state index is 0.300. The van der Waals surface area contributed by atoms with E-state index in [0.717, 1.165) is 16.9 Å². The van der Waals surface area contributed by atoms with Gasteiger partial charge in [-0.3, -0.25) is 9.48 Å². The van der Waals surface area contributed by atoms with E-state index in [1.807, 2.05) is 0 Å². The third-order valence-corrected chi connectivity index (χ3v) is 1.93. The second-order valence-electron chi connectivity index (χ2n) is 3.01. The number of aromatic nitrogens is 2. The van der Waals surface area contributed by atoms with Crippen LogP contribution in [0.5, 0.6) is 0 Å². The van der Waals surface area contributed by atoms with Gasteiger partial charge in [0.25, 0.3) is 0 Å². The van der Waals surface area contributed by atoms with Crippen molar-refractivity contribution in [3.05, 3.63) is 18.0 Å². The normalized spacial score (nSPS) is 13.9. The molecule has 0 aliphatic heterocycles. The Balaban J connectivity index is 2.97. The highest BCUT2D eigenvalue weighted by Gasteiger charge is 2.34. The van der Waals surface area contributed by atoms with Gasteiger partial charge in [-0.2, -0.15) is 18.3 Å². The maximum atomic E-state index is 12.2. The number of halogens is 3. The summed E-state index contributed by atoms with van der Waals surface area (Å²) in [7, 11) is 0. The molecule has 1 heterocycles. The molecule has 0 saturated heterocycles. The number of rotatable bonds is 3. The van der Waals surface area contributed by atoms with Gasteiger partial charge in [0.2, 0.25) is 5.91 Å². The third kappa shape index (κ3) is 2.48. The van der Waals surface area contributed by atoms with Crippen molar-refractivity contribution in [1.82, 2.24) is 9.78 Å². The van der Waals surface area contributed by atoms with Crippen LogP contribution in [-0.2, 0) is 11.0 Å². The highest BCUT2D eigenvalue weighted by molar-refractivity contribution is 5.78. The molecule has 1 rings (SSSR count). The van der Waals surface area contributed by atoms with Gasteiger partial charge in [0, 0.05) is 6.20 Å². The molecule has 0 aliphatic rings. The van der Waals surface area contributed by atoms with Gasteiger partial charge in [0.15, 0.2) is 5.69 Å². The topological polar surface area (TPSA) is 60.9 Å². The second kappa shape index (κ2) is 3.92. The van der Waals surface area contributed by atoms with Crippen molar-refractivity contribution < 1.29 is 18.0 Å². The average Bonchev–Trinajstić information content (AvgIpc) is 2.52. The van der Waals surface area contributed by atoms with Crippen LogP contribution in [-0.4, -0.2) is 15.7 Å². The lowest BCUT2D eigenvalue weighted by Gasteiger charge is -2.11.